The molecular weight excluding hydrogens is 428 g/mol. The molecule has 3 aromatic rings. The first-order valence-corrected chi connectivity index (χ1v) is 12.2. The maximum absolute atomic E-state index is 5.99. The van der Waals surface area contributed by atoms with Crippen molar-refractivity contribution in [2.24, 2.45) is 5.92 Å². The van der Waals surface area contributed by atoms with Gasteiger partial charge in [-0.05, 0) is 35.4 Å². The molecule has 0 radical (unpaired) electrons. The predicted octanol–water partition coefficient (Wildman–Crippen LogP) is 2.49. The van der Waals surface area contributed by atoms with Gasteiger partial charge in [-0.15, -0.1) is 0 Å². The largest absolute Gasteiger partial charge is 0.380 e. The third-order valence-electron chi connectivity index (χ3n) is 6.76. The molecule has 4 heterocycles. The Hall–Kier alpha value is -2.81. The maximum Gasteiger partial charge on any atom is 0.227 e. The van der Waals surface area contributed by atoms with Crippen molar-refractivity contribution in [3.8, 4) is 0 Å². The standard InChI is InChI=1S/C26H34N6O2/c1-30(26-28-8-6-25(29-26)32-12-15-33-16-13-32)9-10-31-11-14-34-20-21(19-31)17-22-3-2-4-23-18-27-7-5-24(22)23/h2-8,18,21H,9-17,19-20H2,1H3. The molecule has 1 aromatic carbocycles. The van der Waals surface area contributed by atoms with Gasteiger partial charge in [0.15, 0.2) is 0 Å². The van der Waals surface area contributed by atoms with E-state index in [0.29, 0.717) is 5.92 Å². The highest BCUT2D eigenvalue weighted by Gasteiger charge is 2.21. The number of hydrogen-bond acceptors (Lipinski definition) is 8. The van der Waals surface area contributed by atoms with Crippen LogP contribution in [0.15, 0.2) is 48.9 Å². The molecule has 2 saturated heterocycles. The van der Waals surface area contributed by atoms with Crippen molar-refractivity contribution >= 4 is 22.5 Å². The summed E-state index contributed by atoms with van der Waals surface area (Å²) in [6.45, 7) is 8.67. The molecule has 1 unspecified atom stereocenters. The number of likely N-dealkylation sites (N-methyl/N-ethyl adjacent to an activating group) is 1. The molecule has 0 N–H and O–H groups in total. The number of ether oxygens (including phenoxy) is 2. The normalized spacial score (nSPS) is 19.8. The summed E-state index contributed by atoms with van der Waals surface area (Å²) in [6.07, 6.45) is 6.70. The minimum Gasteiger partial charge on any atom is -0.380 e. The Bertz CT molecular complexity index is 1070. The lowest BCUT2D eigenvalue weighted by Crippen LogP contribution is -2.38. The zero-order valence-corrected chi connectivity index (χ0v) is 20.0. The lowest BCUT2D eigenvalue weighted by Gasteiger charge is -2.29. The SMILES string of the molecule is CN(CCN1CCOCC(Cc2cccc3cnccc23)C1)c1nccc(N2CCOCC2)n1. The van der Waals surface area contributed by atoms with Crippen LogP contribution in [0.3, 0.4) is 0 Å². The van der Waals surface area contributed by atoms with Crippen molar-refractivity contribution in [2.75, 3.05) is 82.5 Å². The fourth-order valence-corrected chi connectivity index (χ4v) is 4.84. The van der Waals surface area contributed by atoms with E-state index in [1.165, 1.54) is 16.3 Å². The van der Waals surface area contributed by atoms with E-state index in [2.05, 4.69) is 56.0 Å². The molecule has 0 saturated carbocycles. The Morgan fingerprint density at radius 1 is 1.03 bits per heavy atom. The van der Waals surface area contributed by atoms with E-state index in [1.54, 1.807) is 0 Å². The number of morpholine rings is 1. The third-order valence-corrected chi connectivity index (χ3v) is 6.76. The van der Waals surface area contributed by atoms with Crippen molar-refractivity contribution in [2.45, 2.75) is 6.42 Å². The van der Waals surface area contributed by atoms with Crippen molar-refractivity contribution in [3.63, 3.8) is 0 Å². The topological polar surface area (TPSA) is 66.9 Å². The van der Waals surface area contributed by atoms with Crippen molar-refractivity contribution in [1.82, 2.24) is 19.9 Å². The van der Waals surface area contributed by atoms with Crippen molar-refractivity contribution in [1.29, 1.82) is 0 Å². The summed E-state index contributed by atoms with van der Waals surface area (Å²) in [4.78, 5) is 20.6. The molecule has 34 heavy (non-hydrogen) atoms. The van der Waals surface area contributed by atoms with Crippen LogP contribution in [0, 0.1) is 5.92 Å². The van der Waals surface area contributed by atoms with E-state index in [-0.39, 0.29) is 0 Å². The Morgan fingerprint density at radius 2 is 1.91 bits per heavy atom. The molecule has 180 valence electrons. The molecule has 2 fully saturated rings. The van der Waals surface area contributed by atoms with Gasteiger partial charge in [-0.3, -0.25) is 9.88 Å². The molecule has 1 atom stereocenters. The van der Waals surface area contributed by atoms with Crippen LogP contribution in [0.1, 0.15) is 5.56 Å². The monoisotopic (exact) mass is 462 g/mol. The fourth-order valence-electron chi connectivity index (χ4n) is 4.84. The molecule has 8 heteroatoms. The van der Waals surface area contributed by atoms with Crippen LogP contribution < -0.4 is 9.80 Å². The highest BCUT2D eigenvalue weighted by Crippen LogP contribution is 2.22. The number of nitrogens with zero attached hydrogens (tertiary/aromatic N) is 6. The van der Waals surface area contributed by atoms with E-state index in [9.17, 15) is 0 Å². The summed E-state index contributed by atoms with van der Waals surface area (Å²) in [6, 6.07) is 10.6. The molecule has 8 nitrogen and oxygen atoms in total. The Kier molecular flexibility index (Phi) is 7.48. The quantitative estimate of drug-likeness (QED) is 0.531. The minimum atomic E-state index is 0.465. The number of fused-ring (bicyclic) bond motifs is 1. The second-order valence-corrected chi connectivity index (χ2v) is 9.20. The van der Waals surface area contributed by atoms with Gasteiger partial charge < -0.3 is 19.3 Å². The third kappa shape index (κ3) is 5.63. The maximum atomic E-state index is 5.99. The molecule has 2 aliphatic heterocycles. The van der Waals surface area contributed by atoms with Gasteiger partial charge in [-0.1, -0.05) is 18.2 Å². The van der Waals surface area contributed by atoms with Crippen LogP contribution in [-0.2, 0) is 15.9 Å². The van der Waals surface area contributed by atoms with Gasteiger partial charge >= 0.3 is 0 Å². The zero-order valence-electron chi connectivity index (χ0n) is 20.0. The summed E-state index contributed by atoms with van der Waals surface area (Å²) in [5.41, 5.74) is 1.38. The van der Waals surface area contributed by atoms with E-state index >= 15 is 0 Å². The summed E-state index contributed by atoms with van der Waals surface area (Å²) < 4.78 is 11.5. The molecule has 2 aromatic heterocycles. The Labute approximate surface area is 201 Å². The minimum absolute atomic E-state index is 0.465. The number of benzene rings is 1. The van der Waals surface area contributed by atoms with Crippen LogP contribution >= 0.6 is 0 Å². The average molecular weight is 463 g/mol. The van der Waals surface area contributed by atoms with E-state index in [4.69, 9.17) is 14.5 Å². The molecule has 2 aliphatic rings. The van der Waals surface area contributed by atoms with Gasteiger partial charge in [0.25, 0.3) is 0 Å². The zero-order chi connectivity index (χ0) is 23.2. The van der Waals surface area contributed by atoms with Gasteiger partial charge in [-0.2, -0.15) is 4.98 Å². The van der Waals surface area contributed by atoms with E-state index < -0.39 is 0 Å². The van der Waals surface area contributed by atoms with E-state index in [1.807, 2.05) is 24.7 Å². The number of hydrogen-bond donors (Lipinski definition) is 0. The smallest absolute Gasteiger partial charge is 0.227 e. The molecule has 0 spiro atoms. The summed E-state index contributed by atoms with van der Waals surface area (Å²) >= 11 is 0. The molecule has 0 bridgehead atoms. The second kappa shape index (κ2) is 11.1. The first-order valence-electron chi connectivity index (χ1n) is 12.2. The Morgan fingerprint density at radius 3 is 2.82 bits per heavy atom. The second-order valence-electron chi connectivity index (χ2n) is 9.20. The number of rotatable bonds is 7. The molecule has 0 aliphatic carbocycles. The first-order chi connectivity index (χ1) is 16.8. The molecule has 5 rings (SSSR count). The van der Waals surface area contributed by atoms with Gasteiger partial charge in [-0.25, -0.2) is 4.98 Å². The van der Waals surface area contributed by atoms with Gasteiger partial charge in [0, 0.05) is 70.3 Å². The van der Waals surface area contributed by atoms with Crippen LogP contribution in [0.5, 0.6) is 0 Å². The van der Waals surface area contributed by atoms with Crippen LogP contribution in [-0.4, -0.2) is 92.6 Å². The van der Waals surface area contributed by atoms with Crippen molar-refractivity contribution in [3.05, 3.63) is 54.5 Å². The number of pyridine rings is 1. The van der Waals surface area contributed by atoms with Crippen LogP contribution in [0.2, 0.25) is 0 Å². The average Bonchev–Trinajstić information content (AvgIpc) is 3.13. The first kappa shape index (κ1) is 23.0. The van der Waals surface area contributed by atoms with Gasteiger partial charge in [0.2, 0.25) is 5.95 Å². The lowest BCUT2D eigenvalue weighted by molar-refractivity contribution is 0.122. The lowest BCUT2D eigenvalue weighted by atomic mass is 9.95. The summed E-state index contributed by atoms with van der Waals surface area (Å²) in [7, 11) is 2.08. The number of anilines is 2. The summed E-state index contributed by atoms with van der Waals surface area (Å²) in [5, 5.41) is 2.50. The number of aromatic nitrogens is 3. The van der Waals surface area contributed by atoms with E-state index in [0.717, 1.165) is 83.9 Å². The Balaban J connectivity index is 1.19. The molecular formula is C26H34N6O2. The molecule has 0 amide bonds. The highest BCUT2D eigenvalue weighted by molar-refractivity contribution is 5.84. The van der Waals surface area contributed by atoms with Crippen LogP contribution in [0.25, 0.3) is 10.8 Å². The highest BCUT2D eigenvalue weighted by atomic mass is 16.5. The predicted molar refractivity (Wildman–Crippen MR) is 135 cm³/mol. The van der Waals surface area contributed by atoms with Gasteiger partial charge in [0.05, 0.1) is 26.4 Å². The summed E-state index contributed by atoms with van der Waals surface area (Å²) in [5.74, 6) is 2.22. The van der Waals surface area contributed by atoms with Gasteiger partial charge in [0.1, 0.15) is 5.82 Å². The van der Waals surface area contributed by atoms with Crippen LogP contribution in [0.4, 0.5) is 11.8 Å². The van der Waals surface area contributed by atoms with Crippen molar-refractivity contribution < 1.29 is 9.47 Å². The fraction of sp³-hybridized carbons (Fsp3) is 0.500.